The molecule has 0 bridgehead atoms. The summed E-state index contributed by atoms with van der Waals surface area (Å²) in [6.07, 6.45) is 0.972. The molecule has 116 valence electrons. The number of rotatable bonds is 6. The van der Waals surface area contributed by atoms with E-state index in [1.165, 1.54) is 18.1 Å². The molecule has 0 aromatic carbocycles. The van der Waals surface area contributed by atoms with E-state index in [2.05, 4.69) is 0 Å². The van der Waals surface area contributed by atoms with Crippen LogP contribution in [0.4, 0.5) is 0 Å². The lowest BCUT2D eigenvalue weighted by Crippen LogP contribution is -2.74. The lowest BCUT2D eigenvalue weighted by molar-refractivity contribution is -0.202. The molecule has 1 aromatic rings. The Kier molecular flexibility index (Phi) is 4.37. The maximum absolute atomic E-state index is 12.5. The summed E-state index contributed by atoms with van der Waals surface area (Å²) >= 11 is 0. The summed E-state index contributed by atoms with van der Waals surface area (Å²) in [5, 5.41) is 10.0. The third-order valence-corrected chi connectivity index (χ3v) is 4.21. The summed E-state index contributed by atoms with van der Waals surface area (Å²) in [7, 11) is 0. The number of carbonyl (C=O) groups is 2. The van der Waals surface area contributed by atoms with E-state index in [1.54, 1.807) is 26.0 Å². The van der Waals surface area contributed by atoms with Gasteiger partial charge in [-0.1, -0.05) is 6.92 Å². The van der Waals surface area contributed by atoms with Crippen LogP contribution in [0.5, 0.6) is 0 Å². The first-order chi connectivity index (χ1) is 9.98. The van der Waals surface area contributed by atoms with Gasteiger partial charge in [-0.25, -0.2) is 4.79 Å². The predicted octanol–water partition coefficient (Wildman–Crippen LogP) is 1.33. The van der Waals surface area contributed by atoms with Crippen molar-refractivity contribution in [3.63, 3.8) is 0 Å². The second-order valence-corrected chi connectivity index (χ2v) is 5.24. The number of furan rings is 1. The van der Waals surface area contributed by atoms with Crippen molar-refractivity contribution < 1.29 is 23.8 Å². The van der Waals surface area contributed by atoms with E-state index in [9.17, 15) is 14.7 Å². The number of nitrogens with zero attached hydrogens (tertiary/aromatic N) is 1. The average molecular weight is 295 g/mol. The molecule has 3 unspecified atom stereocenters. The predicted molar refractivity (Wildman–Crippen MR) is 74.1 cm³/mol. The number of amides is 1. The zero-order chi connectivity index (χ0) is 15.6. The van der Waals surface area contributed by atoms with Crippen LogP contribution in [-0.2, 0) is 20.9 Å². The standard InChI is InChI=1S/C15H21NO5/c1-4-15(10(3)17)12(13(18)20-5-2)16(14(15)19)9-11-7-6-8-21-11/h6-8,10,12,17H,4-5,9H2,1-3H3. The molecule has 3 atom stereocenters. The normalized spacial score (nSPS) is 26.4. The zero-order valence-electron chi connectivity index (χ0n) is 12.5. The smallest absolute Gasteiger partial charge is 0.330 e. The van der Waals surface area contributed by atoms with E-state index < -0.39 is 23.5 Å². The maximum atomic E-state index is 12.5. The van der Waals surface area contributed by atoms with Crippen molar-refractivity contribution in [1.29, 1.82) is 0 Å². The minimum atomic E-state index is -1.10. The van der Waals surface area contributed by atoms with Crippen LogP contribution in [-0.4, -0.2) is 40.6 Å². The highest BCUT2D eigenvalue weighted by molar-refractivity contribution is 6.00. The molecule has 0 radical (unpaired) electrons. The highest BCUT2D eigenvalue weighted by Crippen LogP contribution is 2.46. The Labute approximate surface area is 123 Å². The van der Waals surface area contributed by atoms with Crippen LogP contribution in [0.25, 0.3) is 0 Å². The van der Waals surface area contributed by atoms with Crippen molar-refractivity contribution in [1.82, 2.24) is 4.90 Å². The van der Waals surface area contributed by atoms with E-state index in [0.29, 0.717) is 12.2 Å². The van der Waals surface area contributed by atoms with Gasteiger partial charge in [-0.3, -0.25) is 4.79 Å². The molecular weight excluding hydrogens is 274 g/mol. The number of aliphatic hydroxyl groups is 1. The molecule has 21 heavy (non-hydrogen) atoms. The van der Waals surface area contributed by atoms with Crippen LogP contribution in [0, 0.1) is 5.41 Å². The molecule has 1 aromatic heterocycles. The maximum Gasteiger partial charge on any atom is 0.330 e. The Balaban J connectivity index is 2.28. The number of hydrogen-bond donors (Lipinski definition) is 1. The van der Waals surface area contributed by atoms with E-state index in [-0.39, 0.29) is 19.1 Å². The largest absolute Gasteiger partial charge is 0.467 e. The molecule has 0 aliphatic carbocycles. The quantitative estimate of drug-likeness (QED) is 0.632. The summed E-state index contributed by atoms with van der Waals surface area (Å²) in [6, 6.07) is 2.69. The van der Waals surface area contributed by atoms with Crippen LogP contribution in [0.1, 0.15) is 33.0 Å². The minimum Gasteiger partial charge on any atom is -0.467 e. The van der Waals surface area contributed by atoms with E-state index in [1.807, 2.05) is 0 Å². The number of hydrogen-bond acceptors (Lipinski definition) is 5. The molecule has 1 N–H and O–H groups in total. The fourth-order valence-electron chi connectivity index (χ4n) is 3.05. The van der Waals surface area contributed by atoms with Crippen LogP contribution in [0.15, 0.2) is 22.8 Å². The summed E-state index contributed by atoms with van der Waals surface area (Å²) in [6.45, 7) is 5.48. The summed E-state index contributed by atoms with van der Waals surface area (Å²) in [5.74, 6) is -0.131. The average Bonchev–Trinajstić information content (AvgIpc) is 2.94. The second-order valence-electron chi connectivity index (χ2n) is 5.24. The Morgan fingerprint density at radius 1 is 1.57 bits per heavy atom. The molecule has 1 saturated heterocycles. The third kappa shape index (κ3) is 2.33. The Morgan fingerprint density at radius 2 is 2.29 bits per heavy atom. The first kappa shape index (κ1) is 15.6. The van der Waals surface area contributed by atoms with Crippen molar-refractivity contribution in [2.45, 2.75) is 45.9 Å². The fourth-order valence-corrected chi connectivity index (χ4v) is 3.05. The number of ether oxygens (including phenoxy) is 1. The zero-order valence-corrected chi connectivity index (χ0v) is 12.5. The first-order valence-corrected chi connectivity index (χ1v) is 7.17. The van der Waals surface area contributed by atoms with Gasteiger partial charge in [-0.2, -0.15) is 0 Å². The highest BCUT2D eigenvalue weighted by Gasteiger charge is 2.65. The molecular formula is C15H21NO5. The highest BCUT2D eigenvalue weighted by atomic mass is 16.5. The molecule has 1 aliphatic rings. The van der Waals surface area contributed by atoms with Gasteiger partial charge in [-0.15, -0.1) is 0 Å². The van der Waals surface area contributed by atoms with Gasteiger partial charge < -0.3 is 19.2 Å². The van der Waals surface area contributed by atoms with Crippen LogP contribution >= 0.6 is 0 Å². The van der Waals surface area contributed by atoms with Crippen molar-refractivity contribution >= 4 is 11.9 Å². The SMILES string of the molecule is CCOC(=O)C1N(Cc2ccco2)C(=O)C1(CC)C(C)O. The minimum absolute atomic E-state index is 0.198. The molecule has 6 nitrogen and oxygen atoms in total. The first-order valence-electron chi connectivity index (χ1n) is 7.17. The Bertz CT molecular complexity index is 510. The van der Waals surface area contributed by atoms with Gasteiger partial charge >= 0.3 is 5.97 Å². The van der Waals surface area contributed by atoms with Gasteiger partial charge in [0.2, 0.25) is 5.91 Å². The number of esters is 1. The van der Waals surface area contributed by atoms with Crippen molar-refractivity contribution in [2.24, 2.45) is 5.41 Å². The molecule has 1 fully saturated rings. The van der Waals surface area contributed by atoms with Gasteiger partial charge in [0, 0.05) is 0 Å². The van der Waals surface area contributed by atoms with Crippen LogP contribution in [0.2, 0.25) is 0 Å². The summed E-state index contributed by atoms with van der Waals surface area (Å²) in [5.41, 5.74) is -1.10. The third-order valence-electron chi connectivity index (χ3n) is 4.21. The Morgan fingerprint density at radius 3 is 2.76 bits per heavy atom. The van der Waals surface area contributed by atoms with Gasteiger partial charge in [0.15, 0.2) is 0 Å². The monoisotopic (exact) mass is 295 g/mol. The van der Waals surface area contributed by atoms with Crippen LogP contribution in [0.3, 0.4) is 0 Å². The Hall–Kier alpha value is -1.82. The van der Waals surface area contributed by atoms with E-state index >= 15 is 0 Å². The molecule has 1 aliphatic heterocycles. The van der Waals surface area contributed by atoms with Gasteiger partial charge in [0.25, 0.3) is 0 Å². The summed E-state index contributed by atoms with van der Waals surface area (Å²) < 4.78 is 10.3. The van der Waals surface area contributed by atoms with Crippen molar-refractivity contribution in [3.8, 4) is 0 Å². The molecule has 0 spiro atoms. The number of aliphatic hydroxyl groups excluding tert-OH is 1. The number of carbonyl (C=O) groups excluding carboxylic acids is 2. The fraction of sp³-hybridized carbons (Fsp3) is 0.600. The molecule has 0 saturated carbocycles. The van der Waals surface area contributed by atoms with Gasteiger partial charge in [0.05, 0.1) is 25.5 Å². The molecule has 2 rings (SSSR count). The lowest BCUT2D eigenvalue weighted by Gasteiger charge is -2.55. The van der Waals surface area contributed by atoms with Crippen molar-refractivity contribution in [3.05, 3.63) is 24.2 Å². The molecule has 1 amide bonds. The molecule has 6 heteroatoms. The van der Waals surface area contributed by atoms with E-state index in [4.69, 9.17) is 9.15 Å². The van der Waals surface area contributed by atoms with E-state index in [0.717, 1.165) is 0 Å². The van der Waals surface area contributed by atoms with Gasteiger partial charge in [-0.05, 0) is 32.4 Å². The number of β-lactam (4-membered cyclic amide) rings is 1. The van der Waals surface area contributed by atoms with Crippen LogP contribution < -0.4 is 0 Å². The topological polar surface area (TPSA) is 80.0 Å². The van der Waals surface area contributed by atoms with Crippen molar-refractivity contribution in [2.75, 3.05) is 6.61 Å². The number of likely N-dealkylation sites (tertiary alicyclic amines) is 1. The summed E-state index contributed by atoms with van der Waals surface area (Å²) in [4.78, 5) is 26.2. The molecule has 2 heterocycles. The second kappa shape index (κ2) is 5.89. The van der Waals surface area contributed by atoms with Gasteiger partial charge in [0.1, 0.15) is 17.2 Å². The lowest BCUT2D eigenvalue weighted by atomic mass is 9.65.